The highest BCUT2D eigenvalue weighted by Crippen LogP contribution is 2.22. The summed E-state index contributed by atoms with van der Waals surface area (Å²) in [6.45, 7) is 0. The molecule has 0 amide bonds. The Bertz CT molecular complexity index is 384. The summed E-state index contributed by atoms with van der Waals surface area (Å²) in [4.78, 5) is 8.20. The summed E-state index contributed by atoms with van der Waals surface area (Å²) in [5.74, 6) is 0. The number of hydrogen-bond acceptors (Lipinski definition) is 4. The van der Waals surface area contributed by atoms with Gasteiger partial charge in [-0.3, -0.25) is 4.98 Å². The Balaban J connectivity index is 2.53. The molecule has 11 heavy (non-hydrogen) atoms. The van der Waals surface area contributed by atoms with Crippen molar-refractivity contribution in [3.63, 3.8) is 0 Å². The van der Waals surface area contributed by atoms with E-state index in [-0.39, 0.29) is 0 Å². The maximum absolute atomic E-state index is 4.95. The van der Waals surface area contributed by atoms with Crippen molar-refractivity contribution in [2.45, 2.75) is 0 Å². The van der Waals surface area contributed by atoms with Crippen LogP contribution in [-0.4, -0.2) is 9.97 Å². The molecule has 0 saturated carbocycles. The van der Waals surface area contributed by atoms with Crippen molar-refractivity contribution >= 4 is 34.9 Å². The smallest absolute Gasteiger partial charge is 0.158 e. The third-order valence-corrected chi connectivity index (χ3v) is 3.09. The Kier molecular flexibility index (Phi) is 1.85. The Labute approximate surface area is 76.6 Å². The van der Waals surface area contributed by atoms with E-state index in [0.717, 1.165) is 14.5 Å². The van der Waals surface area contributed by atoms with Gasteiger partial charge in [-0.05, 0) is 12.2 Å². The van der Waals surface area contributed by atoms with E-state index in [9.17, 15) is 0 Å². The molecule has 0 radical (unpaired) electrons. The van der Waals surface area contributed by atoms with Crippen molar-refractivity contribution in [1.82, 2.24) is 9.97 Å². The van der Waals surface area contributed by atoms with E-state index in [4.69, 9.17) is 12.2 Å². The lowest BCUT2D eigenvalue weighted by Crippen LogP contribution is -1.68. The molecule has 5 heteroatoms. The third kappa shape index (κ3) is 1.40. The minimum Gasteiger partial charge on any atom is -0.336 e. The first-order valence-corrected chi connectivity index (χ1v) is 5.10. The molecule has 0 aliphatic carbocycles. The van der Waals surface area contributed by atoms with Gasteiger partial charge in [0.25, 0.3) is 0 Å². The van der Waals surface area contributed by atoms with Gasteiger partial charge in [0.15, 0.2) is 3.95 Å². The number of hydrogen-bond donors (Lipinski definition) is 1. The topological polar surface area (TPSA) is 28.7 Å². The average Bonchev–Trinajstić information content (AvgIpc) is 2.55. The van der Waals surface area contributed by atoms with Crippen LogP contribution in [0.3, 0.4) is 0 Å². The molecule has 2 rings (SSSR count). The highest BCUT2D eigenvalue weighted by molar-refractivity contribution is 7.73. The molecule has 56 valence electrons. The summed E-state index contributed by atoms with van der Waals surface area (Å²) in [6, 6.07) is 0. The molecule has 0 atom stereocenters. The minimum absolute atomic E-state index is 0.813. The van der Waals surface area contributed by atoms with E-state index < -0.39 is 0 Å². The highest BCUT2D eigenvalue weighted by atomic mass is 32.1. The third-order valence-electron chi connectivity index (χ3n) is 1.22. The molecule has 1 N–H and O–H groups in total. The summed E-state index contributed by atoms with van der Waals surface area (Å²) >= 11 is 8.10. The van der Waals surface area contributed by atoms with Gasteiger partial charge in [-0.2, -0.15) is 0 Å². The summed E-state index contributed by atoms with van der Waals surface area (Å²) in [5.41, 5.74) is 2.88. The van der Waals surface area contributed by atoms with Gasteiger partial charge in [0.1, 0.15) is 0 Å². The summed E-state index contributed by atoms with van der Waals surface area (Å²) in [6.07, 6.45) is 1.83. The number of aromatic nitrogens is 2. The van der Waals surface area contributed by atoms with Crippen LogP contribution in [0.5, 0.6) is 0 Å². The number of H-pyrrole nitrogens is 1. The second-order valence-corrected chi connectivity index (χ2v) is 4.36. The van der Waals surface area contributed by atoms with Crippen LogP contribution in [0.2, 0.25) is 0 Å². The number of nitrogens with one attached hydrogen (secondary N) is 1. The van der Waals surface area contributed by atoms with E-state index >= 15 is 0 Å². The van der Waals surface area contributed by atoms with Gasteiger partial charge in [0.2, 0.25) is 0 Å². The van der Waals surface area contributed by atoms with Crippen LogP contribution in [0.15, 0.2) is 17.1 Å². The molecule has 0 saturated heterocycles. The molecule has 2 aromatic heterocycles. The van der Waals surface area contributed by atoms with E-state index in [1.807, 2.05) is 17.1 Å². The van der Waals surface area contributed by atoms with Gasteiger partial charge >= 0.3 is 0 Å². The molecule has 0 fully saturated rings. The van der Waals surface area contributed by atoms with Gasteiger partial charge in [-0.15, -0.1) is 22.7 Å². The Hall–Kier alpha value is -0.520. The maximum atomic E-state index is 4.95. The normalized spacial score (nSPS) is 10.2. The van der Waals surface area contributed by atoms with Crippen molar-refractivity contribution in [3.8, 4) is 10.6 Å². The van der Waals surface area contributed by atoms with E-state index in [2.05, 4.69) is 9.97 Å². The van der Waals surface area contributed by atoms with Gasteiger partial charge in [-0.25, -0.2) is 0 Å². The second-order valence-electron chi connectivity index (χ2n) is 1.93. The molecule has 2 heterocycles. The molecular weight excluding hydrogens is 196 g/mol. The van der Waals surface area contributed by atoms with Gasteiger partial charge in [0, 0.05) is 11.6 Å². The van der Waals surface area contributed by atoms with Gasteiger partial charge in [-0.1, -0.05) is 0 Å². The first-order chi connectivity index (χ1) is 5.36. The number of rotatable bonds is 1. The van der Waals surface area contributed by atoms with E-state index in [0.29, 0.717) is 0 Å². The zero-order chi connectivity index (χ0) is 7.68. The molecule has 0 bridgehead atoms. The van der Waals surface area contributed by atoms with Crippen molar-refractivity contribution in [2.24, 2.45) is 0 Å². The fourth-order valence-corrected chi connectivity index (χ4v) is 2.25. The number of nitrogens with zero attached hydrogens (tertiary/aromatic N) is 1. The molecular formula is C6H4N2S3. The van der Waals surface area contributed by atoms with Crippen LogP contribution in [0.1, 0.15) is 0 Å². The molecule has 0 unspecified atom stereocenters. The Morgan fingerprint density at radius 2 is 2.36 bits per heavy atom. The minimum atomic E-state index is 0.813. The SMILES string of the molecule is S=c1[nH]c(-c2cncs2)cs1. The molecule has 0 aliphatic rings. The Morgan fingerprint density at radius 1 is 1.45 bits per heavy atom. The first-order valence-electron chi connectivity index (χ1n) is 2.93. The predicted molar refractivity (Wildman–Crippen MR) is 50.6 cm³/mol. The average molecular weight is 200 g/mol. The summed E-state index contributed by atoms with van der Waals surface area (Å²) in [7, 11) is 0. The van der Waals surface area contributed by atoms with Crippen molar-refractivity contribution in [2.75, 3.05) is 0 Å². The lowest BCUT2D eigenvalue weighted by atomic mass is 10.4. The molecule has 0 aromatic carbocycles. The van der Waals surface area contributed by atoms with Crippen molar-refractivity contribution in [3.05, 3.63) is 21.0 Å². The number of thiazole rings is 2. The molecule has 2 nitrogen and oxygen atoms in total. The van der Waals surface area contributed by atoms with Crippen LogP contribution >= 0.6 is 34.9 Å². The van der Waals surface area contributed by atoms with Crippen molar-refractivity contribution in [1.29, 1.82) is 0 Å². The first kappa shape index (κ1) is 7.15. The fourth-order valence-electron chi connectivity index (χ4n) is 0.750. The van der Waals surface area contributed by atoms with Gasteiger partial charge in [0.05, 0.1) is 16.1 Å². The zero-order valence-corrected chi connectivity index (χ0v) is 7.85. The fraction of sp³-hybridized carbons (Fsp3) is 0. The summed E-state index contributed by atoms with van der Waals surface area (Å²) in [5, 5.41) is 2.01. The van der Waals surface area contributed by atoms with E-state index in [1.165, 1.54) is 0 Å². The molecule has 0 aliphatic heterocycles. The maximum Gasteiger partial charge on any atom is 0.158 e. The Morgan fingerprint density at radius 3 is 2.91 bits per heavy atom. The molecule has 0 spiro atoms. The second kappa shape index (κ2) is 2.84. The van der Waals surface area contributed by atoms with Crippen LogP contribution in [0.25, 0.3) is 10.6 Å². The van der Waals surface area contributed by atoms with Crippen LogP contribution in [0, 0.1) is 3.95 Å². The highest BCUT2D eigenvalue weighted by Gasteiger charge is 1.98. The lowest BCUT2D eigenvalue weighted by Gasteiger charge is -1.84. The molecule has 2 aromatic rings. The van der Waals surface area contributed by atoms with Crippen LogP contribution in [0.4, 0.5) is 0 Å². The van der Waals surface area contributed by atoms with E-state index in [1.54, 1.807) is 22.7 Å². The van der Waals surface area contributed by atoms with Gasteiger partial charge < -0.3 is 4.98 Å². The number of aromatic amines is 1. The lowest BCUT2D eigenvalue weighted by molar-refractivity contribution is 1.38. The predicted octanol–water partition coefficient (Wildman–Crippen LogP) is 2.93. The van der Waals surface area contributed by atoms with Crippen molar-refractivity contribution < 1.29 is 0 Å². The zero-order valence-electron chi connectivity index (χ0n) is 5.40. The monoisotopic (exact) mass is 200 g/mol. The van der Waals surface area contributed by atoms with Crippen LogP contribution in [-0.2, 0) is 0 Å². The van der Waals surface area contributed by atoms with Crippen LogP contribution < -0.4 is 0 Å². The largest absolute Gasteiger partial charge is 0.336 e. The standard InChI is InChI=1S/C6H4N2S3/c9-6-8-4(2-10-6)5-1-7-3-11-5/h1-3H,(H,8,9). The summed E-state index contributed by atoms with van der Waals surface area (Å²) < 4.78 is 0.813. The quantitative estimate of drug-likeness (QED) is 0.717.